The molecule has 1 amide bonds. The van der Waals surface area contributed by atoms with E-state index in [0.717, 1.165) is 5.82 Å². The summed E-state index contributed by atoms with van der Waals surface area (Å²) in [5, 5.41) is 10.2. The van der Waals surface area contributed by atoms with E-state index in [-0.39, 0.29) is 16.6 Å². The van der Waals surface area contributed by atoms with Crippen LogP contribution in [0.3, 0.4) is 0 Å². The number of nitrogens with zero attached hydrogens (tertiary/aromatic N) is 2. The van der Waals surface area contributed by atoms with Crippen LogP contribution in [0.4, 0.5) is 5.69 Å². The molecule has 1 atom stereocenters. The Morgan fingerprint density at radius 3 is 2.68 bits per heavy atom. The molecule has 2 heterocycles. The first kappa shape index (κ1) is 17.6. The minimum absolute atomic E-state index is 0.109. The number of nitrogens with one attached hydrogen (secondary N) is 2. The van der Waals surface area contributed by atoms with Crippen molar-refractivity contribution < 1.29 is 14.3 Å². The van der Waals surface area contributed by atoms with E-state index < -0.39 is 0 Å². The van der Waals surface area contributed by atoms with Gasteiger partial charge in [0.25, 0.3) is 0 Å². The van der Waals surface area contributed by atoms with Crippen LogP contribution in [0.1, 0.15) is 33.5 Å². The first-order valence-corrected chi connectivity index (χ1v) is 9.01. The Morgan fingerprint density at radius 2 is 2.00 bits per heavy atom. The van der Waals surface area contributed by atoms with E-state index in [1.165, 1.54) is 11.8 Å². The fraction of sp³-hybridized carbons (Fsp3) is 0.471. The molecule has 0 saturated carbocycles. The summed E-state index contributed by atoms with van der Waals surface area (Å²) in [6.45, 7) is 9.04. The lowest BCUT2D eigenvalue weighted by Gasteiger charge is -2.19. The molecule has 7 nitrogen and oxygen atoms in total. The van der Waals surface area contributed by atoms with Crippen LogP contribution in [0.2, 0.25) is 0 Å². The van der Waals surface area contributed by atoms with Crippen molar-refractivity contribution in [1.29, 1.82) is 0 Å². The third-order valence-electron chi connectivity index (χ3n) is 3.64. The van der Waals surface area contributed by atoms with Crippen molar-refractivity contribution in [3.63, 3.8) is 0 Å². The SMILES string of the molecule is C[C@@H](Sc1n[nH]c(C(C)(C)C)n1)C(=O)Nc1ccc2c(c1)OCCO2. The van der Waals surface area contributed by atoms with E-state index in [9.17, 15) is 4.79 Å². The largest absolute Gasteiger partial charge is 0.486 e. The number of thioether (sulfide) groups is 1. The van der Waals surface area contributed by atoms with Crippen molar-refractivity contribution >= 4 is 23.4 Å². The fourth-order valence-electron chi connectivity index (χ4n) is 2.21. The normalized spacial score (nSPS) is 14.9. The van der Waals surface area contributed by atoms with E-state index in [0.29, 0.717) is 35.6 Å². The number of benzene rings is 1. The molecule has 0 bridgehead atoms. The summed E-state index contributed by atoms with van der Waals surface area (Å²) in [6.07, 6.45) is 0. The van der Waals surface area contributed by atoms with Crippen LogP contribution >= 0.6 is 11.8 Å². The zero-order valence-corrected chi connectivity index (χ0v) is 15.6. The minimum atomic E-state index is -0.336. The number of aromatic amines is 1. The van der Waals surface area contributed by atoms with Crippen molar-refractivity contribution in [2.45, 2.75) is 43.5 Å². The second-order valence-electron chi connectivity index (χ2n) is 6.82. The molecule has 3 rings (SSSR count). The van der Waals surface area contributed by atoms with Gasteiger partial charge in [0.15, 0.2) is 11.5 Å². The van der Waals surface area contributed by atoms with Gasteiger partial charge in [0.1, 0.15) is 19.0 Å². The maximum atomic E-state index is 12.4. The molecule has 0 spiro atoms. The number of fused-ring (bicyclic) bond motifs is 1. The molecule has 1 aromatic carbocycles. The number of carbonyl (C=O) groups excluding carboxylic acids is 1. The van der Waals surface area contributed by atoms with Gasteiger partial charge < -0.3 is 14.8 Å². The molecule has 0 saturated heterocycles. The van der Waals surface area contributed by atoms with Gasteiger partial charge in [0, 0.05) is 17.2 Å². The monoisotopic (exact) mass is 362 g/mol. The van der Waals surface area contributed by atoms with Gasteiger partial charge >= 0.3 is 0 Å². The predicted molar refractivity (Wildman–Crippen MR) is 96.5 cm³/mol. The molecule has 134 valence electrons. The fourth-order valence-corrected chi connectivity index (χ4v) is 2.94. The lowest BCUT2D eigenvalue weighted by Crippen LogP contribution is -2.23. The Balaban J connectivity index is 1.62. The lowest BCUT2D eigenvalue weighted by molar-refractivity contribution is -0.115. The number of rotatable bonds is 4. The lowest BCUT2D eigenvalue weighted by atomic mass is 9.96. The summed E-state index contributed by atoms with van der Waals surface area (Å²) in [4.78, 5) is 16.9. The van der Waals surface area contributed by atoms with Crippen molar-refractivity contribution in [1.82, 2.24) is 15.2 Å². The molecule has 0 unspecified atom stereocenters. The van der Waals surface area contributed by atoms with Gasteiger partial charge in [-0.3, -0.25) is 9.89 Å². The van der Waals surface area contributed by atoms with Gasteiger partial charge in [-0.15, -0.1) is 5.10 Å². The Labute approximate surface area is 150 Å². The smallest absolute Gasteiger partial charge is 0.237 e. The standard InChI is InChI=1S/C17H22N4O3S/c1-10(25-16-19-15(20-21-16)17(2,3)4)14(22)18-11-5-6-12-13(9-11)24-8-7-23-12/h5-6,9-10H,7-8H2,1-4H3,(H,18,22)(H,19,20,21)/t10-/m1/s1. The number of carbonyl (C=O) groups is 1. The summed E-state index contributed by atoms with van der Waals surface area (Å²) < 4.78 is 11.0. The van der Waals surface area contributed by atoms with Crippen LogP contribution in [0.15, 0.2) is 23.4 Å². The molecule has 2 N–H and O–H groups in total. The summed E-state index contributed by atoms with van der Waals surface area (Å²) in [7, 11) is 0. The maximum absolute atomic E-state index is 12.4. The zero-order chi connectivity index (χ0) is 18.0. The highest BCUT2D eigenvalue weighted by molar-refractivity contribution is 8.00. The summed E-state index contributed by atoms with van der Waals surface area (Å²) in [5.74, 6) is 2.02. The van der Waals surface area contributed by atoms with E-state index in [1.807, 2.05) is 6.92 Å². The van der Waals surface area contributed by atoms with E-state index >= 15 is 0 Å². The highest BCUT2D eigenvalue weighted by atomic mass is 32.2. The van der Waals surface area contributed by atoms with Crippen LogP contribution in [0.5, 0.6) is 11.5 Å². The molecule has 0 fully saturated rings. The summed E-state index contributed by atoms with van der Waals surface area (Å²) in [6, 6.07) is 5.37. The second-order valence-corrected chi connectivity index (χ2v) is 8.13. The number of hydrogen-bond acceptors (Lipinski definition) is 6. The average molecular weight is 362 g/mol. The average Bonchev–Trinajstić information content (AvgIpc) is 3.03. The molecule has 0 radical (unpaired) electrons. The Hall–Kier alpha value is -2.22. The van der Waals surface area contributed by atoms with Gasteiger partial charge in [0.2, 0.25) is 11.1 Å². The van der Waals surface area contributed by atoms with Gasteiger partial charge in [-0.05, 0) is 19.1 Å². The molecular weight excluding hydrogens is 340 g/mol. The highest BCUT2D eigenvalue weighted by Crippen LogP contribution is 2.33. The minimum Gasteiger partial charge on any atom is -0.486 e. The first-order chi connectivity index (χ1) is 11.8. The molecule has 8 heteroatoms. The van der Waals surface area contributed by atoms with Crippen LogP contribution in [-0.4, -0.2) is 39.6 Å². The van der Waals surface area contributed by atoms with E-state index in [2.05, 4.69) is 41.3 Å². The van der Waals surface area contributed by atoms with Crippen molar-refractivity contribution in [2.24, 2.45) is 0 Å². The van der Waals surface area contributed by atoms with Crippen LogP contribution in [0, 0.1) is 0 Å². The maximum Gasteiger partial charge on any atom is 0.237 e. The van der Waals surface area contributed by atoms with Crippen molar-refractivity contribution in [2.75, 3.05) is 18.5 Å². The van der Waals surface area contributed by atoms with E-state index in [1.54, 1.807) is 18.2 Å². The number of ether oxygens (including phenoxy) is 2. The Morgan fingerprint density at radius 1 is 1.28 bits per heavy atom. The third kappa shape index (κ3) is 4.25. The predicted octanol–water partition coefficient (Wildman–Crippen LogP) is 2.99. The molecule has 2 aromatic rings. The third-order valence-corrected chi connectivity index (χ3v) is 4.60. The highest BCUT2D eigenvalue weighted by Gasteiger charge is 2.22. The Kier molecular flexibility index (Phi) is 4.89. The van der Waals surface area contributed by atoms with Crippen LogP contribution in [0.25, 0.3) is 0 Å². The van der Waals surface area contributed by atoms with Gasteiger partial charge in [0.05, 0.1) is 5.25 Å². The first-order valence-electron chi connectivity index (χ1n) is 8.13. The number of anilines is 1. The number of amides is 1. The molecule has 0 aliphatic carbocycles. The molecule has 1 aromatic heterocycles. The molecule has 25 heavy (non-hydrogen) atoms. The van der Waals surface area contributed by atoms with Crippen molar-refractivity contribution in [3.05, 3.63) is 24.0 Å². The molecule has 1 aliphatic rings. The second kappa shape index (κ2) is 6.95. The van der Waals surface area contributed by atoms with Gasteiger partial charge in [-0.25, -0.2) is 4.98 Å². The Bertz CT molecular complexity index is 769. The van der Waals surface area contributed by atoms with E-state index in [4.69, 9.17) is 9.47 Å². The number of aromatic nitrogens is 3. The van der Waals surface area contributed by atoms with Gasteiger partial charge in [-0.1, -0.05) is 32.5 Å². The summed E-state index contributed by atoms with van der Waals surface area (Å²) in [5.41, 5.74) is 0.565. The van der Waals surface area contributed by atoms with Crippen LogP contribution < -0.4 is 14.8 Å². The summed E-state index contributed by atoms with van der Waals surface area (Å²) >= 11 is 1.32. The molecule has 1 aliphatic heterocycles. The molecular formula is C17H22N4O3S. The quantitative estimate of drug-likeness (QED) is 0.813. The topological polar surface area (TPSA) is 89.1 Å². The number of hydrogen-bond donors (Lipinski definition) is 2. The van der Waals surface area contributed by atoms with Crippen molar-refractivity contribution in [3.8, 4) is 11.5 Å². The van der Waals surface area contributed by atoms with Gasteiger partial charge in [-0.2, -0.15) is 0 Å². The zero-order valence-electron chi connectivity index (χ0n) is 14.8. The number of H-pyrrole nitrogens is 1. The van der Waals surface area contributed by atoms with Crippen LogP contribution in [-0.2, 0) is 10.2 Å².